The fourth-order valence-electron chi connectivity index (χ4n) is 2.80. The molecule has 1 aromatic heterocycles. The number of phenolic OH excluding ortho intramolecular Hbond substituents is 3. The zero-order valence-electron chi connectivity index (χ0n) is 12.5. The summed E-state index contributed by atoms with van der Waals surface area (Å²) in [5, 5.41) is 32.0. The maximum atomic E-state index is 11.8. The highest BCUT2D eigenvalue weighted by molar-refractivity contribution is 7.14. The first-order valence-electron chi connectivity index (χ1n) is 7.15. The van der Waals surface area contributed by atoms with E-state index < -0.39 is 5.43 Å². The van der Waals surface area contributed by atoms with Gasteiger partial charge in [-0.2, -0.15) is 0 Å². The Kier molecular flexibility index (Phi) is 3.04. The number of fused-ring (bicyclic) bond motifs is 2. The molecule has 2 aliphatic rings. The van der Waals surface area contributed by atoms with Crippen LogP contribution >= 0.6 is 11.3 Å². The topological polar surface area (TPSA) is 90.9 Å². The maximum absolute atomic E-state index is 11.8. The van der Waals surface area contributed by atoms with Gasteiger partial charge in [0, 0.05) is 33.5 Å². The average molecular weight is 340 g/mol. The molecule has 0 amide bonds. The molecule has 2 heterocycles. The van der Waals surface area contributed by atoms with Gasteiger partial charge in [-0.1, -0.05) is 0 Å². The van der Waals surface area contributed by atoms with Crippen molar-refractivity contribution >= 4 is 22.3 Å². The number of phenols is 3. The molecule has 1 aromatic carbocycles. The van der Waals surface area contributed by atoms with Crippen LogP contribution in [0, 0.1) is 6.92 Å². The Labute approximate surface area is 140 Å². The summed E-state index contributed by atoms with van der Waals surface area (Å²) in [5.41, 5.74) is 2.12. The molecule has 1 aliphatic heterocycles. The molecule has 120 valence electrons. The van der Waals surface area contributed by atoms with E-state index >= 15 is 0 Å². The van der Waals surface area contributed by atoms with Crippen LogP contribution in [0.25, 0.3) is 32.7 Å². The van der Waals surface area contributed by atoms with E-state index in [4.69, 9.17) is 4.42 Å². The normalized spacial score (nSPS) is 11.4. The minimum Gasteiger partial charge on any atom is -0.504 e. The third-order valence-electron chi connectivity index (χ3n) is 3.99. The van der Waals surface area contributed by atoms with Gasteiger partial charge in [0.25, 0.3) is 0 Å². The van der Waals surface area contributed by atoms with Crippen molar-refractivity contribution in [2.45, 2.75) is 6.92 Å². The predicted octanol–water partition coefficient (Wildman–Crippen LogP) is 4.05. The van der Waals surface area contributed by atoms with Crippen molar-refractivity contribution in [1.82, 2.24) is 0 Å². The smallest absolute Gasteiger partial charge is 0.223 e. The minimum absolute atomic E-state index is 0.267. The molecular weight excluding hydrogens is 328 g/mol. The lowest BCUT2D eigenvalue weighted by molar-refractivity contribution is 0.404. The van der Waals surface area contributed by atoms with E-state index in [9.17, 15) is 20.1 Å². The molecule has 24 heavy (non-hydrogen) atoms. The predicted molar refractivity (Wildman–Crippen MR) is 92.2 cm³/mol. The molecule has 5 nitrogen and oxygen atoms in total. The van der Waals surface area contributed by atoms with Crippen LogP contribution in [-0.4, -0.2) is 15.3 Å². The van der Waals surface area contributed by atoms with E-state index in [0.29, 0.717) is 22.3 Å². The summed E-state index contributed by atoms with van der Waals surface area (Å²) in [6, 6.07) is 7.29. The minimum atomic E-state index is -0.539. The first-order valence-corrected chi connectivity index (χ1v) is 8.03. The number of aryl methyl sites for hydroxylation is 1. The number of thiophene rings is 1. The van der Waals surface area contributed by atoms with Crippen molar-refractivity contribution in [3.63, 3.8) is 0 Å². The van der Waals surface area contributed by atoms with Crippen LogP contribution in [-0.2, 0) is 0 Å². The van der Waals surface area contributed by atoms with Gasteiger partial charge >= 0.3 is 0 Å². The highest BCUT2D eigenvalue weighted by atomic mass is 32.1. The summed E-state index contributed by atoms with van der Waals surface area (Å²) in [6.45, 7) is 1.95. The zero-order valence-corrected chi connectivity index (χ0v) is 13.3. The standard InChI is InChI=1S/C18H12O5S/c1-8-2-3-24-18(8)17-9-4-11(19)13(21)6-15(9)23-16-7-14(22)12(20)5-10(16)17/h2-7,19-21H,1H3. The van der Waals surface area contributed by atoms with Gasteiger partial charge in [-0.05, 0) is 36.1 Å². The molecule has 6 heteroatoms. The third-order valence-corrected chi connectivity index (χ3v) is 5.02. The largest absolute Gasteiger partial charge is 0.504 e. The number of hydrogen-bond donors (Lipinski definition) is 3. The van der Waals surface area contributed by atoms with E-state index in [1.165, 1.54) is 35.6 Å². The van der Waals surface area contributed by atoms with Gasteiger partial charge in [0.1, 0.15) is 11.3 Å². The summed E-state index contributed by atoms with van der Waals surface area (Å²) in [5.74, 6) is -0.633. The van der Waals surface area contributed by atoms with Gasteiger partial charge < -0.3 is 19.7 Å². The van der Waals surface area contributed by atoms with Gasteiger partial charge in [-0.15, -0.1) is 11.3 Å². The summed E-state index contributed by atoms with van der Waals surface area (Å²) in [7, 11) is 0. The Morgan fingerprint density at radius 3 is 2.46 bits per heavy atom. The molecule has 3 N–H and O–H groups in total. The fourth-order valence-corrected chi connectivity index (χ4v) is 3.80. The Balaban J connectivity index is 2.27. The molecule has 0 fully saturated rings. The molecule has 0 atom stereocenters. The van der Waals surface area contributed by atoms with Crippen LogP contribution in [0.2, 0.25) is 0 Å². The van der Waals surface area contributed by atoms with Crippen molar-refractivity contribution in [2.75, 3.05) is 0 Å². The quantitative estimate of drug-likeness (QED) is 0.359. The average Bonchev–Trinajstić information content (AvgIpc) is 2.94. The Morgan fingerprint density at radius 2 is 1.75 bits per heavy atom. The lowest BCUT2D eigenvalue weighted by Gasteiger charge is -2.15. The molecule has 0 saturated carbocycles. The second-order valence-electron chi connectivity index (χ2n) is 5.56. The van der Waals surface area contributed by atoms with Gasteiger partial charge in [0.15, 0.2) is 17.2 Å². The van der Waals surface area contributed by atoms with Crippen LogP contribution in [0.3, 0.4) is 0 Å². The van der Waals surface area contributed by atoms with Crippen molar-refractivity contribution in [3.05, 3.63) is 51.5 Å². The van der Waals surface area contributed by atoms with Crippen molar-refractivity contribution in [3.8, 4) is 39.0 Å². The molecule has 0 spiro atoms. The van der Waals surface area contributed by atoms with Gasteiger partial charge in [-0.25, -0.2) is 0 Å². The first kappa shape index (κ1) is 14.6. The molecule has 4 rings (SSSR count). The SMILES string of the molecule is Cc1ccsc1-c1c2cc(O)c(=O)cc-2oc2cc(O)c(O)cc12. The van der Waals surface area contributed by atoms with Gasteiger partial charge in [0.05, 0.1) is 0 Å². The van der Waals surface area contributed by atoms with E-state index in [1.807, 2.05) is 18.4 Å². The van der Waals surface area contributed by atoms with Crippen molar-refractivity contribution in [1.29, 1.82) is 0 Å². The molecular formula is C18H12O5S. The Morgan fingerprint density at radius 1 is 1.00 bits per heavy atom. The van der Waals surface area contributed by atoms with Gasteiger partial charge in [0.2, 0.25) is 5.43 Å². The van der Waals surface area contributed by atoms with E-state index in [-0.39, 0.29) is 17.2 Å². The summed E-state index contributed by atoms with van der Waals surface area (Å²) < 4.78 is 5.72. The molecule has 2 aromatic rings. The summed E-state index contributed by atoms with van der Waals surface area (Å²) >= 11 is 1.51. The van der Waals surface area contributed by atoms with Crippen LogP contribution in [0.5, 0.6) is 17.2 Å². The molecule has 0 radical (unpaired) electrons. The number of hydrogen-bond acceptors (Lipinski definition) is 6. The second-order valence-corrected chi connectivity index (χ2v) is 6.48. The number of benzene rings is 2. The Hall–Kier alpha value is -2.99. The van der Waals surface area contributed by atoms with Crippen LogP contribution in [0.4, 0.5) is 0 Å². The summed E-state index contributed by atoms with van der Waals surface area (Å²) in [4.78, 5) is 12.7. The first-order chi connectivity index (χ1) is 11.5. The van der Waals surface area contributed by atoms with Crippen LogP contribution < -0.4 is 5.43 Å². The van der Waals surface area contributed by atoms with Crippen molar-refractivity contribution in [2.24, 2.45) is 0 Å². The Bertz CT molecular complexity index is 1120. The van der Waals surface area contributed by atoms with Gasteiger partial charge in [-0.3, -0.25) is 4.79 Å². The van der Waals surface area contributed by atoms with Crippen molar-refractivity contribution < 1.29 is 19.7 Å². The zero-order chi connectivity index (χ0) is 17.0. The second kappa shape index (κ2) is 5.01. The lowest BCUT2D eigenvalue weighted by atomic mass is 9.96. The number of aromatic hydroxyl groups is 3. The number of rotatable bonds is 1. The van der Waals surface area contributed by atoms with E-state index in [1.54, 1.807) is 0 Å². The van der Waals surface area contributed by atoms with Crippen LogP contribution in [0.15, 0.2) is 44.9 Å². The van der Waals surface area contributed by atoms with Crippen LogP contribution in [0.1, 0.15) is 5.56 Å². The van der Waals surface area contributed by atoms with E-state index in [0.717, 1.165) is 16.0 Å². The van der Waals surface area contributed by atoms with E-state index in [2.05, 4.69) is 0 Å². The highest BCUT2D eigenvalue weighted by Crippen LogP contribution is 2.46. The molecule has 0 bridgehead atoms. The third kappa shape index (κ3) is 2.04. The fraction of sp³-hybridized carbons (Fsp3) is 0.0556. The molecule has 0 saturated heterocycles. The monoisotopic (exact) mass is 340 g/mol. The highest BCUT2D eigenvalue weighted by Gasteiger charge is 2.22. The maximum Gasteiger partial charge on any atom is 0.223 e. The lowest BCUT2D eigenvalue weighted by Crippen LogP contribution is -2.01. The summed E-state index contributed by atoms with van der Waals surface area (Å²) in [6.07, 6.45) is 0. The molecule has 0 unspecified atom stereocenters. The molecule has 1 aliphatic carbocycles.